The Kier molecular flexibility index (Phi) is 3.73. The smallest absolute Gasteiger partial charge is 0.0645 e. The maximum absolute atomic E-state index is 9.72. The van der Waals surface area contributed by atoms with Crippen LogP contribution in [0.5, 0.6) is 0 Å². The molecule has 0 unspecified atom stereocenters. The fraction of sp³-hybridized carbons (Fsp3) is 0. The zero-order chi connectivity index (χ0) is 79.8. The maximum atomic E-state index is 9.72. The molecule has 0 fully saturated rings. The first kappa shape index (κ1) is 13.1. The zero-order valence-electron chi connectivity index (χ0n) is 74.9. The Morgan fingerprint density at radius 1 is 0.161 bits per heavy atom. The quantitative estimate of drug-likeness (QED) is 0.128. The molecule has 0 saturated carbocycles. The lowest BCUT2D eigenvalue weighted by molar-refractivity contribution is 1.28. The van der Waals surface area contributed by atoms with Crippen LogP contribution in [0.2, 0.25) is 0 Å². The lowest BCUT2D eigenvalue weighted by atomic mass is 10.0. The summed E-state index contributed by atoms with van der Waals surface area (Å²) in [4.78, 5) is 0.309. The molecule has 0 aliphatic rings. The first-order chi connectivity index (χ1) is 49.1. The van der Waals surface area contributed by atoms with E-state index in [1.54, 1.807) is 0 Å². The lowest BCUT2D eigenvalue weighted by Gasteiger charge is -2.27. The Labute approximate surface area is 426 Å². The van der Waals surface area contributed by atoms with Gasteiger partial charge in [0.25, 0.3) is 0 Å². The fourth-order valence-electron chi connectivity index (χ4n) is 5.43. The third kappa shape index (κ3) is 8.18. The highest BCUT2D eigenvalue weighted by molar-refractivity contribution is 5.83. The van der Waals surface area contributed by atoms with Crippen LogP contribution in [-0.4, -0.2) is 0 Å². The van der Waals surface area contributed by atoms with Crippen molar-refractivity contribution < 1.29 is 60.3 Å². The van der Waals surface area contributed by atoms with Gasteiger partial charge in [0.1, 0.15) is 0 Å². The molecule has 0 atom stereocenters. The molecule has 0 spiro atoms. The first-order valence-electron chi connectivity index (χ1n) is 39.6. The Bertz CT molecular complexity index is 4760. The van der Waals surface area contributed by atoms with Crippen LogP contribution in [0.25, 0.3) is 55.6 Å². The molecule has 62 heavy (non-hydrogen) atoms. The topological polar surface area (TPSA) is 6.48 Å². The van der Waals surface area contributed by atoms with Gasteiger partial charge in [-0.15, -0.1) is 0 Å². The normalized spacial score (nSPS) is 20.8. The monoisotopic (exact) mass is 837 g/mol. The van der Waals surface area contributed by atoms with Crippen LogP contribution in [0, 0.1) is 0 Å². The van der Waals surface area contributed by atoms with Gasteiger partial charge in [0, 0.05) is 34.1 Å². The van der Waals surface area contributed by atoms with E-state index in [1.807, 2.05) is 0 Å². The molecule has 0 amide bonds. The molecule has 2 nitrogen and oxygen atoms in total. The average molecular weight is 837 g/mol. The second-order valence-electron chi connectivity index (χ2n) is 12.0. The van der Waals surface area contributed by atoms with Crippen molar-refractivity contribution in [1.29, 1.82) is 0 Å². The standard InChI is InChI=1S/C60H44N2/c1-5-13-45(14-6-1)49-21-33-55(34-22-49)61(56-35-23-50(24-36-56)46-15-7-2-8-16-46)59-41-29-53(30-42-59)54-31-43-60(44-32-54)62(57-37-25-51(26-38-57)47-17-9-3-10-18-47)58-39-27-52(28-40-58)48-19-11-4-12-20-48/h1-44H/i1D,2D,3D,4D,5D,6D,7D,8D,9D,10D,11D,12D,13D,14D,15D,16D,17D,18D,19D,20D,21D,22D,23D,24D,25D,26D,27D,28D,29D,30D,31D,32D,33D,34D,35D,36D,37D,38D,39D,40D,41D,42D,43D,44D. The van der Waals surface area contributed by atoms with Crippen molar-refractivity contribution in [1.82, 2.24) is 0 Å². The van der Waals surface area contributed by atoms with Gasteiger partial charge in [0.15, 0.2) is 0 Å². The molecular weight excluding hydrogens is 749 g/mol. The summed E-state index contributed by atoms with van der Waals surface area (Å²) in [6.07, 6.45) is 0. The van der Waals surface area contributed by atoms with E-state index in [-0.39, 0.29) is 9.80 Å². The summed E-state index contributed by atoms with van der Waals surface area (Å²) in [6, 6.07) is -54.0. The van der Waals surface area contributed by atoms with Crippen molar-refractivity contribution in [2.75, 3.05) is 9.80 Å². The number of hydrogen-bond donors (Lipinski definition) is 0. The Morgan fingerprint density at radius 3 is 0.435 bits per heavy atom. The van der Waals surface area contributed by atoms with Crippen molar-refractivity contribution in [3.05, 3.63) is 266 Å². The van der Waals surface area contributed by atoms with Crippen LogP contribution in [0.3, 0.4) is 0 Å². The molecule has 0 aromatic heterocycles. The zero-order valence-corrected chi connectivity index (χ0v) is 30.9. The third-order valence-corrected chi connectivity index (χ3v) is 8.26. The molecule has 10 rings (SSSR count). The van der Waals surface area contributed by atoms with Crippen LogP contribution >= 0.6 is 0 Å². The summed E-state index contributed by atoms with van der Waals surface area (Å²) < 4.78 is 396. The van der Waals surface area contributed by atoms with E-state index in [1.165, 1.54) is 0 Å². The summed E-state index contributed by atoms with van der Waals surface area (Å²) in [6.45, 7) is 0. The minimum Gasteiger partial charge on any atom is -0.311 e. The van der Waals surface area contributed by atoms with Crippen molar-refractivity contribution in [3.8, 4) is 55.6 Å². The van der Waals surface area contributed by atoms with E-state index in [0.717, 1.165) is 0 Å². The van der Waals surface area contributed by atoms with Crippen molar-refractivity contribution in [3.63, 3.8) is 0 Å². The molecule has 0 bridgehead atoms. The predicted octanol–water partition coefficient (Wildman–Crippen LogP) is 17.0. The van der Waals surface area contributed by atoms with Crippen molar-refractivity contribution >= 4 is 34.1 Å². The number of anilines is 6. The minimum atomic E-state index is -1.51. The molecule has 0 saturated heterocycles. The maximum Gasteiger partial charge on any atom is 0.0645 e. The van der Waals surface area contributed by atoms with Gasteiger partial charge < -0.3 is 9.80 Å². The summed E-state index contributed by atoms with van der Waals surface area (Å²) in [5.41, 5.74) is -18.2. The van der Waals surface area contributed by atoms with E-state index >= 15 is 0 Å². The molecule has 0 N–H and O–H groups in total. The largest absolute Gasteiger partial charge is 0.311 e. The average Bonchev–Trinajstić information content (AvgIpc) is 0.712. The predicted molar refractivity (Wildman–Crippen MR) is 263 cm³/mol. The number of hydrogen-bond acceptors (Lipinski definition) is 2. The van der Waals surface area contributed by atoms with E-state index in [9.17, 15) is 32.9 Å². The van der Waals surface area contributed by atoms with Crippen LogP contribution in [-0.2, 0) is 0 Å². The number of rotatable bonds is 11. The van der Waals surface area contributed by atoms with Gasteiger partial charge in [0.2, 0.25) is 0 Å². The number of benzene rings is 10. The molecule has 0 radical (unpaired) electrons. The van der Waals surface area contributed by atoms with E-state index in [2.05, 4.69) is 0 Å². The molecule has 0 heterocycles. The van der Waals surface area contributed by atoms with Gasteiger partial charge in [-0.1, -0.05) is 193 Å². The highest BCUT2D eigenvalue weighted by Gasteiger charge is 2.16. The van der Waals surface area contributed by atoms with Gasteiger partial charge in [-0.3, -0.25) is 0 Å². The van der Waals surface area contributed by atoms with Crippen LogP contribution in [0.15, 0.2) is 266 Å². The Hall–Kier alpha value is -8.20. The number of nitrogens with zero attached hydrogens (tertiary/aromatic N) is 2. The fourth-order valence-corrected chi connectivity index (χ4v) is 5.43. The second-order valence-corrected chi connectivity index (χ2v) is 12.0. The molecule has 10 aromatic carbocycles. The third-order valence-electron chi connectivity index (χ3n) is 8.26. The summed E-state index contributed by atoms with van der Waals surface area (Å²) in [5, 5.41) is 0. The SMILES string of the molecule is [2H]c1c([2H])c([2H])c(-c2c([2H])c([2H])c(N(c3c([2H])c([2H])c(-c4c([2H])c([2H])c([2H])c([2H])c4[2H])c([2H])c3[2H])c3c([2H])c([2H])c(-c4c([2H])c([2H])c(N(c5c([2H])c([2H])c(-c6c([2H])c([2H])c([2H])c([2H])c6[2H])c([2H])c5[2H])c5c([2H])c([2H])c(-c6c([2H])c([2H])c([2H])c([2H])c6[2H])c([2H])c5[2H])c([2H])c4[2H])c([2H])c3[2H])c([2H])c2[2H])c([2H])c1[2H]. The molecule has 294 valence electrons. The Balaban J connectivity index is 1.32. The van der Waals surface area contributed by atoms with Crippen LogP contribution in [0.4, 0.5) is 34.1 Å². The molecule has 0 aliphatic carbocycles. The van der Waals surface area contributed by atoms with Gasteiger partial charge in [-0.05, 0) is 128 Å². The summed E-state index contributed by atoms with van der Waals surface area (Å²) in [5.74, 6) is 0. The molecule has 10 aromatic rings. The highest BCUT2D eigenvalue weighted by atomic mass is 15.1. The van der Waals surface area contributed by atoms with Gasteiger partial charge in [-0.2, -0.15) is 0 Å². The first-order valence-corrected chi connectivity index (χ1v) is 17.6. The van der Waals surface area contributed by atoms with Crippen molar-refractivity contribution in [2.45, 2.75) is 0 Å². The molecular formula is C60H44N2. The van der Waals surface area contributed by atoms with Gasteiger partial charge in [0.05, 0.1) is 60.3 Å². The Morgan fingerprint density at radius 2 is 0.290 bits per heavy atom. The van der Waals surface area contributed by atoms with Crippen molar-refractivity contribution in [2.24, 2.45) is 0 Å². The lowest BCUT2D eigenvalue weighted by Crippen LogP contribution is -2.10. The molecule has 2 heteroatoms. The minimum absolute atomic E-state index is 0.154. The van der Waals surface area contributed by atoms with Crippen LogP contribution < -0.4 is 9.80 Å². The summed E-state index contributed by atoms with van der Waals surface area (Å²) in [7, 11) is 0. The van der Waals surface area contributed by atoms with Crippen LogP contribution in [0.1, 0.15) is 60.3 Å². The van der Waals surface area contributed by atoms with E-state index < -0.39 is 356 Å². The van der Waals surface area contributed by atoms with Gasteiger partial charge in [-0.25, -0.2) is 0 Å². The summed E-state index contributed by atoms with van der Waals surface area (Å²) >= 11 is 0. The second kappa shape index (κ2) is 17.6. The van der Waals surface area contributed by atoms with E-state index in [4.69, 9.17) is 27.4 Å². The molecule has 0 aliphatic heterocycles. The highest BCUT2D eigenvalue weighted by Crippen LogP contribution is 2.40. The van der Waals surface area contributed by atoms with Gasteiger partial charge >= 0.3 is 0 Å². The van der Waals surface area contributed by atoms with E-state index in [0.29, 0.717) is 0 Å².